The van der Waals surface area contributed by atoms with Crippen molar-refractivity contribution in [3.63, 3.8) is 0 Å². The van der Waals surface area contributed by atoms with E-state index >= 15 is 0 Å². The van der Waals surface area contributed by atoms with Gasteiger partial charge in [0.15, 0.2) is 0 Å². The quantitative estimate of drug-likeness (QED) is 0.258. The van der Waals surface area contributed by atoms with Crippen LogP contribution in [0.1, 0.15) is 19.8 Å². The number of aromatic nitrogens is 2. The molecule has 3 aromatic rings. The van der Waals surface area contributed by atoms with Crippen molar-refractivity contribution in [3.05, 3.63) is 47.5 Å². The fourth-order valence-electron chi connectivity index (χ4n) is 2.78. The minimum atomic E-state index is -0.485. The predicted molar refractivity (Wildman–Crippen MR) is 117 cm³/mol. The SMILES string of the molecule is CCOC(=O)CCCSc1cc2c(Nc3ccc(F)c(Cl)c3)ncnc2cc1OC. The Morgan fingerprint density at radius 3 is 2.83 bits per heavy atom. The lowest BCUT2D eigenvalue weighted by molar-refractivity contribution is -0.143. The number of esters is 1. The van der Waals surface area contributed by atoms with E-state index in [9.17, 15) is 9.18 Å². The van der Waals surface area contributed by atoms with Crippen molar-refractivity contribution in [2.75, 3.05) is 24.8 Å². The molecule has 0 aliphatic heterocycles. The van der Waals surface area contributed by atoms with Crippen LogP contribution < -0.4 is 10.1 Å². The maximum atomic E-state index is 13.4. The lowest BCUT2D eigenvalue weighted by Crippen LogP contribution is -2.03. The van der Waals surface area contributed by atoms with Crippen LogP contribution in [-0.4, -0.2) is 35.4 Å². The van der Waals surface area contributed by atoms with Crippen molar-refractivity contribution in [1.82, 2.24) is 9.97 Å². The highest BCUT2D eigenvalue weighted by molar-refractivity contribution is 7.99. The van der Waals surface area contributed by atoms with Gasteiger partial charge in [0.05, 0.1) is 29.2 Å². The number of anilines is 2. The Labute approximate surface area is 183 Å². The second-order valence-electron chi connectivity index (χ2n) is 6.25. The topological polar surface area (TPSA) is 73.3 Å². The molecule has 9 heteroatoms. The molecule has 0 aliphatic rings. The lowest BCUT2D eigenvalue weighted by atomic mass is 10.2. The zero-order valence-electron chi connectivity index (χ0n) is 16.6. The number of fused-ring (bicyclic) bond motifs is 1. The molecular weight excluding hydrogens is 429 g/mol. The van der Waals surface area contributed by atoms with Crippen LogP contribution in [0, 0.1) is 5.82 Å². The molecule has 2 aromatic carbocycles. The molecular formula is C21H21ClFN3O3S. The summed E-state index contributed by atoms with van der Waals surface area (Å²) in [4.78, 5) is 21.0. The number of rotatable bonds is 9. The maximum absolute atomic E-state index is 13.4. The molecule has 0 unspecified atom stereocenters. The molecule has 0 spiro atoms. The third kappa shape index (κ3) is 5.52. The monoisotopic (exact) mass is 449 g/mol. The molecule has 0 fully saturated rings. The molecule has 3 rings (SSSR count). The van der Waals surface area contributed by atoms with Crippen LogP contribution >= 0.6 is 23.4 Å². The zero-order valence-corrected chi connectivity index (χ0v) is 18.1. The second kappa shape index (κ2) is 10.4. The number of hydrogen-bond donors (Lipinski definition) is 1. The van der Waals surface area contributed by atoms with Gasteiger partial charge in [0.25, 0.3) is 0 Å². The van der Waals surface area contributed by atoms with Crippen LogP contribution in [-0.2, 0) is 9.53 Å². The van der Waals surface area contributed by atoms with E-state index in [0.717, 1.165) is 16.0 Å². The van der Waals surface area contributed by atoms with Crippen LogP contribution in [0.2, 0.25) is 5.02 Å². The summed E-state index contributed by atoms with van der Waals surface area (Å²) in [7, 11) is 1.60. The summed E-state index contributed by atoms with van der Waals surface area (Å²) in [5.41, 5.74) is 1.31. The standard InChI is InChI=1S/C21H21ClFN3O3S/c1-3-29-20(27)5-4-8-30-19-10-14-17(11-18(19)28-2)24-12-25-21(14)26-13-6-7-16(23)15(22)9-13/h6-7,9-12H,3-5,8H2,1-2H3,(H,24,25,26). The maximum Gasteiger partial charge on any atom is 0.305 e. The molecule has 0 saturated carbocycles. The number of ether oxygens (including phenoxy) is 2. The number of halogens is 2. The van der Waals surface area contributed by atoms with E-state index in [0.29, 0.717) is 42.2 Å². The lowest BCUT2D eigenvalue weighted by Gasteiger charge is -2.13. The number of nitrogens with zero attached hydrogens (tertiary/aromatic N) is 2. The normalized spacial score (nSPS) is 10.8. The summed E-state index contributed by atoms with van der Waals surface area (Å²) in [6.45, 7) is 2.18. The molecule has 0 amide bonds. The highest BCUT2D eigenvalue weighted by Crippen LogP contribution is 2.36. The van der Waals surface area contributed by atoms with Gasteiger partial charge in [-0.2, -0.15) is 0 Å². The van der Waals surface area contributed by atoms with Gasteiger partial charge in [0.1, 0.15) is 23.7 Å². The van der Waals surface area contributed by atoms with Crippen molar-refractivity contribution < 1.29 is 18.7 Å². The molecule has 158 valence electrons. The Bertz CT molecular complexity index is 1050. The van der Waals surface area contributed by atoms with Crippen LogP contribution in [0.5, 0.6) is 5.75 Å². The Kier molecular flexibility index (Phi) is 7.70. The first kappa shape index (κ1) is 22.1. The van der Waals surface area contributed by atoms with Gasteiger partial charge in [-0.1, -0.05) is 11.6 Å². The van der Waals surface area contributed by atoms with Gasteiger partial charge in [-0.3, -0.25) is 4.79 Å². The summed E-state index contributed by atoms with van der Waals surface area (Å²) < 4.78 is 23.9. The Morgan fingerprint density at radius 2 is 2.10 bits per heavy atom. The number of hydrogen-bond acceptors (Lipinski definition) is 7. The minimum absolute atomic E-state index is 0.0258. The largest absolute Gasteiger partial charge is 0.496 e. The average Bonchev–Trinajstić information content (AvgIpc) is 2.74. The van der Waals surface area contributed by atoms with E-state index < -0.39 is 5.82 Å². The Morgan fingerprint density at radius 1 is 1.27 bits per heavy atom. The molecule has 0 radical (unpaired) electrons. The number of carbonyl (C=O) groups excluding carboxylic acids is 1. The van der Waals surface area contributed by atoms with Crippen LogP contribution in [0.25, 0.3) is 10.9 Å². The van der Waals surface area contributed by atoms with E-state index in [-0.39, 0.29) is 11.0 Å². The molecule has 1 heterocycles. The van der Waals surface area contributed by atoms with Gasteiger partial charge in [0, 0.05) is 23.6 Å². The molecule has 0 atom stereocenters. The molecule has 30 heavy (non-hydrogen) atoms. The molecule has 0 bridgehead atoms. The van der Waals surface area contributed by atoms with Crippen LogP contribution in [0.15, 0.2) is 41.6 Å². The van der Waals surface area contributed by atoms with E-state index in [1.54, 1.807) is 31.9 Å². The fraction of sp³-hybridized carbons (Fsp3) is 0.286. The van der Waals surface area contributed by atoms with Crippen molar-refractivity contribution in [1.29, 1.82) is 0 Å². The molecule has 6 nitrogen and oxygen atoms in total. The summed E-state index contributed by atoms with van der Waals surface area (Å²) >= 11 is 7.45. The smallest absolute Gasteiger partial charge is 0.305 e. The second-order valence-corrected chi connectivity index (χ2v) is 7.80. The van der Waals surface area contributed by atoms with Gasteiger partial charge in [-0.15, -0.1) is 11.8 Å². The van der Waals surface area contributed by atoms with E-state index in [4.69, 9.17) is 21.1 Å². The minimum Gasteiger partial charge on any atom is -0.496 e. The van der Waals surface area contributed by atoms with Gasteiger partial charge in [-0.05, 0) is 43.4 Å². The number of thioether (sulfide) groups is 1. The first-order valence-corrected chi connectivity index (χ1v) is 10.7. The predicted octanol–water partition coefficient (Wildman–Crippen LogP) is 5.61. The van der Waals surface area contributed by atoms with Gasteiger partial charge in [0.2, 0.25) is 0 Å². The van der Waals surface area contributed by atoms with Crippen LogP contribution in [0.4, 0.5) is 15.9 Å². The number of methoxy groups -OCH3 is 1. The van der Waals surface area contributed by atoms with Crippen molar-refractivity contribution >= 4 is 51.7 Å². The summed E-state index contributed by atoms with van der Waals surface area (Å²) in [5, 5.41) is 3.97. The first-order valence-electron chi connectivity index (χ1n) is 9.35. The highest BCUT2D eigenvalue weighted by Gasteiger charge is 2.12. The summed E-state index contributed by atoms with van der Waals surface area (Å²) in [6.07, 6.45) is 2.51. The van der Waals surface area contributed by atoms with E-state index in [1.807, 2.05) is 12.1 Å². The highest BCUT2D eigenvalue weighted by atomic mass is 35.5. The fourth-order valence-corrected chi connectivity index (χ4v) is 3.95. The van der Waals surface area contributed by atoms with E-state index in [1.165, 1.54) is 18.5 Å². The Hall–Kier alpha value is -2.58. The van der Waals surface area contributed by atoms with E-state index in [2.05, 4.69) is 15.3 Å². The first-order chi connectivity index (χ1) is 14.5. The van der Waals surface area contributed by atoms with Gasteiger partial charge >= 0.3 is 5.97 Å². The molecule has 1 N–H and O–H groups in total. The van der Waals surface area contributed by atoms with Crippen molar-refractivity contribution in [2.24, 2.45) is 0 Å². The van der Waals surface area contributed by atoms with Crippen molar-refractivity contribution in [2.45, 2.75) is 24.7 Å². The third-order valence-corrected chi connectivity index (χ3v) is 5.60. The van der Waals surface area contributed by atoms with Crippen LogP contribution in [0.3, 0.4) is 0 Å². The Balaban J connectivity index is 1.82. The van der Waals surface area contributed by atoms with Gasteiger partial charge in [-0.25, -0.2) is 14.4 Å². The molecule has 0 saturated heterocycles. The zero-order chi connectivity index (χ0) is 21.5. The molecule has 1 aromatic heterocycles. The number of nitrogens with one attached hydrogen (secondary N) is 1. The molecule has 0 aliphatic carbocycles. The van der Waals surface area contributed by atoms with Crippen molar-refractivity contribution in [3.8, 4) is 5.75 Å². The van der Waals surface area contributed by atoms with Gasteiger partial charge < -0.3 is 14.8 Å². The average molecular weight is 450 g/mol. The number of benzene rings is 2. The summed E-state index contributed by atoms with van der Waals surface area (Å²) in [6, 6.07) is 8.16. The third-order valence-electron chi connectivity index (χ3n) is 4.19. The number of carbonyl (C=O) groups is 1. The summed E-state index contributed by atoms with van der Waals surface area (Å²) in [5.74, 6) is 1.31.